The predicted octanol–water partition coefficient (Wildman–Crippen LogP) is 3.11. The lowest BCUT2D eigenvalue weighted by atomic mass is 10.2. The van der Waals surface area contributed by atoms with Crippen LogP contribution in [-0.2, 0) is 0 Å². The highest BCUT2D eigenvalue weighted by molar-refractivity contribution is 7.82. The van der Waals surface area contributed by atoms with Gasteiger partial charge in [-0.2, -0.15) is 0 Å². The van der Waals surface area contributed by atoms with Gasteiger partial charge in [-0.3, -0.25) is 4.31 Å². The quantitative estimate of drug-likeness (QED) is 0.552. The van der Waals surface area contributed by atoms with Crippen LogP contribution in [0.5, 0.6) is 0 Å². The van der Waals surface area contributed by atoms with Gasteiger partial charge in [0, 0.05) is 0 Å². The van der Waals surface area contributed by atoms with Crippen molar-refractivity contribution in [3.05, 3.63) is 54.4 Å². The van der Waals surface area contributed by atoms with Crippen molar-refractivity contribution in [2.45, 2.75) is 6.92 Å². The summed E-state index contributed by atoms with van der Waals surface area (Å²) in [6, 6.07) is 7.97. The zero-order valence-electron chi connectivity index (χ0n) is 8.57. The number of nitrogens with zero attached hydrogens (tertiary/aromatic N) is 1. The van der Waals surface area contributed by atoms with Gasteiger partial charge in [0.15, 0.2) is 0 Å². The minimum Gasteiger partial charge on any atom is -0.331 e. The van der Waals surface area contributed by atoms with Crippen LogP contribution in [0.2, 0.25) is 0 Å². The van der Waals surface area contributed by atoms with Crippen LogP contribution in [0.1, 0.15) is 5.56 Å². The molecule has 0 saturated heterocycles. The minimum absolute atomic E-state index is 0.620. The lowest BCUT2D eigenvalue weighted by molar-refractivity contribution is 1.19. The Kier molecular flexibility index (Phi) is 4.17. The molecular formula is C11H14N2S2. The molecule has 2 nitrogen and oxygen atoms in total. The van der Waals surface area contributed by atoms with Crippen LogP contribution in [0.4, 0.5) is 5.69 Å². The molecule has 0 aliphatic rings. The molecule has 1 rings (SSSR count). The Hall–Kier alpha value is -1.00. The number of hydrogen-bond acceptors (Lipinski definition) is 4. The highest BCUT2D eigenvalue weighted by Gasteiger charge is 2.08. The Morgan fingerprint density at radius 2 is 2.07 bits per heavy atom. The first-order valence-corrected chi connectivity index (χ1v) is 5.25. The molecule has 0 atom stereocenters. The maximum absolute atomic E-state index is 4.35. The lowest BCUT2D eigenvalue weighted by Gasteiger charge is -2.21. The summed E-state index contributed by atoms with van der Waals surface area (Å²) in [7, 11) is 0. The third-order valence-electron chi connectivity index (χ3n) is 1.99. The van der Waals surface area contributed by atoms with E-state index in [4.69, 9.17) is 0 Å². The van der Waals surface area contributed by atoms with Crippen molar-refractivity contribution < 1.29 is 0 Å². The van der Waals surface area contributed by atoms with Gasteiger partial charge in [-0.05, 0) is 24.6 Å². The third-order valence-corrected chi connectivity index (χ3v) is 2.73. The Balaban J connectivity index is 2.89. The van der Waals surface area contributed by atoms with E-state index < -0.39 is 0 Å². The lowest BCUT2D eigenvalue weighted by Crippen LogP contribution is -2.15. The number of aryl methyl sites for hydroxylation is 1. The third kappa shape index (κ3) is 2.97. The Morgan fingerprint density at radius 1 is 1.40 bits per heavy atom. The second kappa shape index (κ2) is 5.19. The van der Waals surface area contributed by atoms with Crippen LogP contribution in [-0.4, -0.2) is 0 Å². The molecule has 15 heavy (non-hydrogen) atoms. The molecule has 0 heterocycles. The smallest absolute Gasteiger partial charge is 0.0684 e. The van der Waals surface area contributed by atoms with Crippen LogP contribution in [0.15, 0.2) is 48.8 Å². The average Bonchev–Trinajstić information content (AvgIpc) is 2.26. The van der Waals surface area contributed by atoms with Gasteiger partial charge in [0.25, 0.3) is 0 Å². The highest BCUT2D eigenvalue weighted by atomic mass is 32.1. The highest BCUT2D eigenvalue weighted by Crippen LogP contribution is 2.24. The monoisotopic (exact) mass is 238 g/mol. The maximum Gasteiger partial charge on any atom is 0.0684 e. The van der Waals surface area contributed by atoms with Crippen molar-refractivity contribution in [2.24, 2.45) is 0 Å². The van der Waals surface area contributed by atoms with Gasteiger partial charge in [0.2, 0.25) is 0 Å². The van der Waals surface area contributed by atoms with Gasteiger partial charge in [-0.1, -0.05) is 50.9 Å². The van der Waals surface area contributed by atoms with E-state index in [1.54, 1.807) is 4.31 Å². The van der Waals surface area contributed by atoms with Crippen LogP contribution in [0.25, 0.3) is 0 Å². The number of anilines is 1. The molecule has 0 unspecified atom stereocenters. The van der Waals surface area contributed by atoms with Gasteiger partial charge >= 0.3 is 0 Å². The molecule has 0 aromatic heterocycles. The summed E-state index contributed by atoms with van der Waals surface area (Å²) in [6.45, 7) is 9.66. The van der Waals surface area contributed by atoms with E-state index in [1.165, 1.54) is 5.56 Å². The standard InChI is InChI=1S/C11H14N2S2/c1-8-5-4-6-11(7-8)13(15)10(3)9(2)12-14/h4-7,12,14-15H,2-3H2,1H3. The van der Waals surface area contributed by atoms with Gasteiger partial charge in [0.05, 0.1) is 17.1 Å². The van der Waals surface area contributed by atoms with Crippen molar-refractivity contribution in [2.75, 3.05) is 4.31 Å². The molecule has 0 aliphatic heterocycles. The SMILES string of the molecule is C=C(NS)C(=C)N(S)c1cccc(C)c1. The summed E-state index contributed by atoms with van der Waals surface area (Å²) >= 11 is 8.27. The van der Waals surface area contributed by atoms with E-state index in [-0.39, 0.29) is 0 Å². The normalized spacial score (nSPS) is 9.53. The Labute approximate surface area is 102 Å². The van der Waals surface area contributed by atoms with Crippen molar-refractivity contribution >= 4 is 31.3 Å². The second-order valence-corrected chi connectivity index (χ2v) is 3.81. The number of rotatable bonds is 4. The van der Waals surface area contributed by atoms with Crippen LogP contribution >= 0.6 is 25.6 Å². The molecule has 0 aliphatic carbocycles. The van der Waals surface area contributed by atoms with Gasteiger partial charge < -0.3 is 4.72 Å². The average molecular weight is 238 g/mol. The van der Waals surface area contributed by atoms with Gasteiger partial charge in [-0.25, -0.2) is 0 Å². The molecule has 80 valence electrons. The summed E-state index contributed by atoms with van der Waals surface area (Å²) in [5, 5.41) is 0. The summed E-state index contributed by atoms with van der Waals surface area (Å²) < 4.78 is 4.31. The molecular weight excluding hydrogens is 224 g/mol. The Bertz CT molecular complexity index is 388. The number of benzene rings is 1. The topological polar surface area (TPSA) is 15.3 Å². The van der Waals surface area contributed by atoms with Crippen molar-refractivity contribution in [3.8, 4) is 0 Å². The molecule has 1 N–H and O–H groups in total. The van der Waals surface area contributed by atoms with E-state index in [2.05, 4.69) is 43.5 Å². The molecule has 1 aromatic rings. The zero-order chi connectivity index (χ0) is 11.4. The fourth-order valence-corrected chi connectivity index (χ4v) is 1.48. The van der Waals surface area contributed by atoms with Gasteiger partial charge in [0.1, 0.15) is 0 Å². The molecule has 0 spiro atoms. The summed E-state index contributed by atoms with van der Waals surface area (Å²) in [5.74, 6) is 0. The number of nitrogens with one attached hydrogen (secondary N) is 1. The number of thiol groups is 2. The fraction of sp³-hybridized carbons (Fsp3) is 0.0909. The van der Waals surface area contributed by atoms with E-state index in [0.717, 1.165) is 5.69 Å². The Morgan fingerprint density at radius 3 is 2.60 bits per heavy atom. The van der Waals surface area contributed by atoms with E-state index in [0.29, 0.717) is 11.4 Å². The number of hydrogen-bond donors (Lipinski definition) is 3. The molecule has 4 heteroatoms. The minimum atomic E-state index is 0.620. The first kappa shape index (κ1) is 12.1. The summed E-state index contributed by atoms with van der Waals surface area (Å²) in [5.41, 5.74) is 3.41. The first-order chi connectivity index (χ1) is 7.06. The van der Waals surface area contributed by atoms with Gasteiger partial charge in [-0.15, -0.1) is 0 Å². The molecule has 0 fully saturated rings. The van der Waals surface area contributed by atoms with Crippen LogP contribution < -0.4 is 9.03 Å². The zero-order valence-corrected chi connectivity index (χ0v) is 10.4. The maximum atomic E-state index is 4.35. The van der Waals surface area contributed by atoms with E-state index in [9.17, 15) is 0 Å². The van der Waals surface area contributed by atoms with Crippen LogP contribution in [0, 0.1) is 6.92 Å². The van der Waals surface area contributed by atoms with E-state index >= 15 is 0 Å². The van der Waals surface area contributed by atoms with Crippen LogP contribution in [0.3, 0.4) is 0 Å². The fourth-order valence-electron chi connectivity index (χ4n) is 1.11. The van der Waals surface area contributed by atoms with E-state index in [1.807, 2.05) is 31.2 Å². The van der Waals surface area contributed by atoms with Crippen molar-refractivity contribution in [3.63, 3.8) is 0 Å². The van der Waals surface area contributed by atoms with Crippen molar-refractivity contribution in [1.82, 2.24) is 4.72 Å². The van der Waals surface area contributed by atoms with Crippen molar-refractivity contribution in [1.29, 1.82) is 0 Å². The first-order valence-electron chi connectivity index (χ1n) is 4.40. The molecule has 0 radical (unpaired) electrons. The molecule has 0 amide bonds. The largest absolute Gasteiger partial charge is 0.331 e. The summed E-state index contributed by atoms with van der Waals surface area (Å²) in [6.07, 6.45) is 0. The summed E-state index contributed by atoms with van der Waals surface area (Å²) in [4.78, 5) is 0. The molecule has 0 bridgehead atoms. The predicted molar refractivity (Wildman–Crippen MR) is 73.0 cm³/mol. The molecule has 1 aromatic carbocycles. The second-order valence-electron chi connectivity index (χ2n) is 3.19. The molecule has 0 saturated carbocycles.